The third-order valence-corrected chi connectivity index (χ3v) is 4.44. The van der Waals surface area contributed by atoms with Crippen molar-refractivity contribution in [2.45, 2.75) is 6.54 Å². The van der Waals surface area contributed by atoms with Gasteiger partial charge < -0.3 is 19.8 Å². The van der Waals surface area contributed by atoms with Crippen LogP contribution in [0, 0.1) is 0 Å². The van der Waals surface area contributed by atoms with Crippen LogP contribution in [0.2, 0.25) is 0 Å². The fourth-order valence-corrected chi connectivity index (χ4v) is 2.83. The van der Waals surface area contributed by atoms with Crippen LogP contribution in [0.5, 0.6) is 5.75 Å². The molecular weight excluding hydrogens is 436 g/mol. The summed E-state index contributed by atoms with van der Waals surface area (Å²) < 4.78 is 10.8. The van der Waals surface area contributed by atoms with Gasteiger partial charge in [-0.05, 0) is 57.4 Å². The number of carbonyl (C=O) groups excluding carboxylic acids is 2. The molecule has 0 unspecified atom stereocenters. The van der Waals surface area contributed by atoms with E-state index < -0.39 is 11.8 Å². The van der Waals surface area contributed by atoms with E-state index in [1.807, 2.05) is 30.3 Å². The van der Waals surface area contributed by atoms with Crippen LogP contribution in [0.25, 0.3) is 6.08 Å². The average molecular weight is 455 g/mol. The highest BCUT2D eigenvalue weighted by Crippen LogP contribution is 2.16. The first-order chi connectivity index (χ1) is 14.0. The normalized spacial score (nSPS) is 11.0. The van der Waals surface area contributed by atoms with Crippen LogP contribution in [0.15, 0.2) is 81.5 Å². The third-order valence-electron chi connectivity index (χ3n) is 4.01. The smallest absolute Gasteiger partial charge is 0.291 e. The minimum absolute atomic E-state index is 0.0911. The Morgan fingerprint density at radius 1 is 1.03 bits per heavy atom. The van der Waals surface area contributed by atoms with E-state index >= 15 is 0 Å². The van der Waals surface area contributed by atoms with Gasteiger partial charge >= 0.3 is 0 Å². The summed E-state index contributed by atoms with van der Waals surface area (Å²) in [5.41, 5.74) is 1.78. The number of nitrogens with one attached hydrogen (secondary N) is 2. The Morgan fingerprint density at radius 2 is 1.76 bits per heavy atom. The second-order valence-electron chi connectivity index (χ2n) is 6.06. The fraction of sp³-hybridized carbons (Fsp3) is 0.0909. The lowest BCUT2D eigenvalue weighted by Crippen LogP contribution is -2.34. The molecule has 2 N–H and O–H groups in total. The molecule has 148 valence electrons. The molecule has 3 aromatic rings. The zero-order valence-electron chi connectivity index (χ0n) is 15.6. The van der Waals surface area contributed by atoms with Crippen molar-refractivity contribution >= 4 is 33.8 Å². The Labute approximate surface area is 176 Å². The lowest BCUT2D eigenvalue weighted by Gasteiger charge is -2.11. The summed E-state index contributed by atoms with van der Waals surface area (Å²) in [5.74, 6) is -0.149. The molecule has 2 amide bonds. The molecule has 0 bridgehead atoms. The molecule has 3 rings (SSSR count). The van der Waals surface area contributed by atoms with Crippen molar-refractivity contribution in [3.8, 4) is 5.75 Å². The first-order valence-corrected chi connectivity index (χ1v) is 9.59. The van der Waals surface area contributed by atoms with Gasteiger partial charge in [0.25, 0.3) is 11.8 Å². The first-order valence-electron chi connectivity index (χ1n) is 8.80. The van der Waals surface area contributed by atoms with Gasteiger partial charge in [0.05, 0.1) is 7.11 Å². The summed E-state index contributed by atoms with van der Waals surface area (Å²) in [4.78, 5) is 25.2. The molecule has 29 heavy (non-hydrogen) atoms. The Hall–Kier alpha value is -3.32. The lowest BCUT2D eigenvalue weighted by molar-refractivity contribution is -0.117. The molecule has 6 nitrogen and oxygen atoms in total. The zero-order valence-corrected chi connectivity index (χ0v) is 17.2. The average Bonchev–Trinajstić information content (AvgIpc) is 3.19. The summed E-state index contributed by atoms with van der Waals surface area (Å²) in [5, 5.41) is 5.44. The van der Waals surface area contributed by atoms with Gasteiger partial charge in [-0.15, -0.1) is 0 Å². The first kappa shape index (κ1) is 20.4. The van der Waals surface area contributed by atoms with Crippen LogP contribution in [0.1, 0.15) is 21.7 Å². The largest absolute Gasteiger partial charge is 0.497 e. The van der Waals surface area contributed by atoms with Crippen molar-refractivity contribution < 1.29 is 18.7 Å². The number of methoxy groups -OCH3 is 1. The predicted molar refractivity (Wildman–Crippen MR) is 113 cm³/mol. The van der Waals surface area contributed by atoms with Crippen molar-refractivity contribution in [1.82, 2.24) is 10.6 Å². The number of amides is 2. The summed E-state index contributed by atoms with van der Waals surface area (Å²) >= 11 is 3.16. The molecule has 0 fully saturated rings. The van der Waals surface area contributed by atoms with Gasteiger partial charge in [0, 0.05) is 6.54 Å². The quantitative estimate of drug-likeness (QED) is 0.525. The highest BCUT2D eigenvalue weighted by molar-refractivity contribution is 9.10. The molecule has 1 aromatic heterocycles. The minimum atomic E-state index is -0.523. The highest BCUT2D eigenvalue weighted by Gasteiger charge is 2.17. The van der Waals surface area contributed by atoms with Crippen LogP contribution in [0.4, 0.5) is 0 Å². The number of benzene rings is 2. The second kappa shape index (κ2) is 9.75. The standard InChI is InChI=1S/C22H19BrN2O4/c1-28-17-9-7-15(8-10-17)13-18(25-22(27)19-11-12-20(23)29-19)21(26)24-14-16-5-3-2-4-6-16/h2-13H,14H2,1H3,(H,24,26)(H,25,27)/b18-13-. The number of hydrogen-bond donors (Lipinski definition) is 2. The number of furan rings is 1. The van der Waals surface area contributed by atoms with Gasteiger partial charge in [0.2, 0.25) is 0 Å². The van der Waals surface area contributed by atoms with Crippen molar-refractivity contribution in [1.29, 1.82) is 0 Å². The van der Waals surface area contributed by atoms with Crippen molar-refractivity contribution in [3.63, 3.8) is 0 Å². The molecule has 0 aliphatic rings. The number of hydrogen-bond acceptors (Lipinski definition) is 4. The highest BCUT2D eigenvalue weighted by atomic mass is 79.9. The third kappa shape index (κ3) is 5.83. The van der Waals surface area contributed by atoms with Crippen LogP contribution in [-0.4, -0.2) is 18.9 Å². The van der Waals surface area contributed by atoms with Crippen LogP contribution < -0.4 is 15.4 Å². The summed E-state index contributed by atoms with van der Waals surface area (Å²) in [6, 6.07) is 19.8. The van der Waals surface area contributed by atoms with Gasteiger partial charge in [-0.2, -0.15) is 0 Å². The molecular formula is C22H19BrN2O4. The van der Waals surface area contributed by atoms with Gasteiger partial charge in [-0.1, -0.05) is 42.5 Å². The summed E-state index contributed by atoms with van der Waals surface area (Å²) in [6.45, 7) is 0.335. The van der Waals surface area contributed by atoms with Crippen LogP contribution >= 0.6 is 15.9 Å². The summed E-state index contributed by atoms with van der Waals surface area (Å²) in [7, 11) is 1.58. The SMILES string of the molecule is COc1ccc(/C=C(\NC(=O)c2ccc(Br)o2)C(=O)NCc2ccccc2)cc1. The maximum atomic E-state index is 12.8. The maximum absolute atomic E-state index is 12.8. The number of halogens is 1. The number of rotatable bonds is 7. The summed E-state index contributed by atoms with van der Waals surface area (Å²) in [6.07, 6.45) is 1.59. The van der Waals surface area contributed by atoms with Gasteiger partial charge in [-0.25, -0.2) is 0 Å². The monoisotopic (exact) mass is 454 g/mol. The lowest BCUT2D eigenvalue weighted by atomic mass is 10.1. The molecule has 0 aliphatic carbocycles. The zero-order chi connectivity index (χ0) is 20.6. The molecule has 1 heterocycles. The molecule has 0 radical (unpaired) electrons. The van der Waals surface area contributed by atoms with Gasteiger partial charge in [-0.3, -0.25) is 9.59 Å². The molecule has 7 heteroatoms. The van der Waals surface area contributed by atoms with Crippen molar-refractivity contribution in [3.05, 3.63) is 94.0 Å². The molecule has 2 aromatic carbocycles. The van der Waals surface area contributed by atoms with Crippen molar-refractivity contribution in [2.75, 3.05) is 7.11 Å². The Morgan fingerprint density at radius 3 is 2.38 bits per heavy atom. The number of carbonyl (C=O) groups is 2. The van der Waals surface area contributed by atoms with Crippen LogP contribution in [-0.2, 0) is 11.3 Å². The Balaban J connectivity index is 1.80. The molecule has 0 atom stereocenters. The van der Waals surface area contributed by atoms with E-state index in [2.05, 4.69) is 26.6 Å². The Bertz CT molecular complexity index is 1010. The topological polar surface area (TPSA) is 80.6 Å². The minimum Gasteiger partial charge on any atom is -0.497 e. The predicted octanol–water partition coefficient (Wildman–Crippen LogP) is 4.14. The maximum Gasteiger partial charge on any atom is 0.291 e. The number of ether oxygens (including phenoxy) is 1. The van der Waals surface area contributed by atoms with E-state index in [0.717, 1.165) is 11.1 Å². The van der Waals surface area contributed by atoms with E-state index in [1.165, 1.54) is 6.07 Å². The molecule has 0 saturated heterocycles. The second-order valence-corrected chi connectivity index (χ2v) is 6.84. The molecule has 0 aliphatic heterocycles. The Kier molecular flexibility index (Phi) is 6.86. The van der Waals surface area contributed by atoms with E-state index in [1.54, 1.807) is 43.5 Å². The molecule has 0 saturated carbocycles. The van der Waals surface area contributed by atoms with Gasteiger partial charge in [0.1, 0.15) is 11.4 Å². The fourth-order valence-electron chi connectivity index (χ4n) is 2.52. The van der Waals surface area contributed by atoms with Gasteiger partial charge in [0.15, 0.2) is 10.4 Å². The van der Waals surface area contributed by atoms with Crippen molar-refractivity contribution in [2.24, 2.45) is 0 Å². The van der Waals surface area contributed by atoms with Crippen LogP contribution in [0.3, 0.4) is 0 Å². The van der Waals surface area contributed by atoms with E-state index in [4.69, 9.17) is 9.15 Å². The van der Waals surface area contributed by atoms with E-state index in [-0.39, 0.29) is 11.5 Å². The van der Waals surface area contributed by atoms with E-state index in [9.17, 15) is 9.59 Å². The molecule has 0 spiro atoms. The van der Waals surface area contributed by atoms with E-state index in [0.29, 0.717) is 17.0 Å².